The number of ether oxygens (including phenoxy) is 2. The first-order valence-electron chi connectivity index (χ1n) is 9.17. The van der Waals surface area contributed by atoms with Gasteiger partial charge in [-0.1, -0.05) is 13.8 Å². The standard InChI is InChI=1S/C20H28N4O2/c1-6-21-20-22-16(13(2)3)11-19(23-20)24-8-7-14-9-17(25-4)18(26-5)10-15(14)12-24/h9-11,13H,6-8,12H2,1-5H3,(H,21,22,23). The maximum atomic E-state index is 5.47. The van der Waals surface area contributed by atoms with Gasteiger partial charge in [0.15, 0.2) is 11.5 Å². The Kier molecular flexibility index (Phi) is 5.49. The van der Waals surface area contributed by atoms with E-state index in [2.05, 4.69) is 54.2 Å². The molecule has 6 heteroatoms. The van der Waals surface area contributed by atoms with E-state index < -0.39 is 0 Å². The summed E-state index contributed by atoms with van der Waals surface area (Å²) in [5.74, 6) is 3.59. The lowest BCUT2D eigenvalue weighted by atomic mass is 9.98. The Balaban J connectivity index is 1.93. The summed E-state index contributed by atoms with van der Waals surface area (Å²) in [4.78, 5) is 11.7. The molecule has 0 saturated heterocycles. The Morgan fingerprint density at radius 3 is 2.38 bits per heavy atom. The van der Waals surface area contributed by atoms with E-state index in [9.17, 15) is 0 Å². The minimum absolute atomic E-state index is 0.357. The summed E-state index contributed by atoms with van der Waals surface area (Å²) in [5.41, 5.74) is 3.62. The maximum absolute atomic E-state index is 5.47. The second-order valence-electron chi connectivity index (χ2n) is 6.81. The number of anilines is 2. The van der Waals surface area contributed by atoms with E-state index in [4.69, 9.17) is 14.5 Å². The number of nitrogens with zero attached hydrogens (tertiary/aromatic N) is 3. The Labute approximate surface area is 155 Å². The van der Waals surface area contributed by atoms with Crippen LogP contribution in [0.3, 0.4) is 0 Å². The fourth-order valence-corrected chi connectivity index (χ4v) is 3.23. The van der Waals surface area contributed by atoms with Gasteiger partial charge >= 0.3 is 0 Å². The zero-order valence-corrected chi connectivity index (χ0v) is 16.3. The third-order valence-corrected chi connectivity index (χ3v) is 4.70. The molecule has 2 heterocycles. The number of fused-ring (bicyclic) bond motifs is 1. The number of hydrogen-bond acceptors (Lipinski definition) is 6. The molecule has 1 N–H and O–H groups in total. The van der Waals surface area contributed by atoms with Crippen LogP contribution in [-0.4, -0.2) is 37.3 Å². The molecule has 2 aromatic rings. The molecule has 3 rings (SSSR count). The highest BCUT2D eigenvalue weighted by Crippen LogP contribution is 2.34. The van der Waals surface area contributed by atoms with Crippen LogP contribution in [0.25, 0.3) is 0 Å². The molecule has 1 aliphatic heterocycles. The molecular formula is C20H28N4O2. The van der Waals surface area contributed by atoms with Crippen LogP contribution >= 0.6 is 0 Å². The number of benzene rings is 1. The zero-order valence-electron chi connectivity index (χ0n) is 16.3. The van der Waals surface area contributed by atoms with Crippen LogP contribution < -0.4 is 19.7 Å². The topological polar surface area (TPSA) is 59.5 Å². The van der Waals surface area contributed by atoms with E-state index >= 15 is 0 Å². The quantitative estimate of drug-likeness (QED) is 0.853. The van der Waals surface area contributed by atoms with E-state index in [1.165, 1.54) is 11.1 Å². The van der Waals surface area contributed by atoms with Crippen LogP contribution in [0.15, 0.2) is 18.2 Å². The smallest absolute Gasteiger partial charge is 0.224 e. The van der Waals surface area contributed by atoms with Gasteiger partial charge < -0.3 is 19.7 Å². The van der Waals surface area contributed by atoms with Gasteiger partial charge in [-0.25, -0.2) is 4.98 Å². The molecule has 0 amide bonds. The number of aromatic nitrogens is 2. The van der Waals surface area contributed by atoms with Gasteiger partial charge in [0.05, 0.1) is 19.9 Å². The molecule has 0 aliphatic carbocycles. The third kappa shape index (κ3) is 3.69. The van der Waals surface area contributed by atoms with Crippen molar-refractivity contribution >= 4 is 11.8 Å². The molecule has 140 valence electrons. The summed E-state index contributed by atoms with van der Waals surface area (Å²) in [6, 6.07) is 6.28. The van der Waals surface area contributed by atoms with Crippen molar-refractivity contribution in [2.45, 2.75) is 39.7 Å². The van der Waals surface area contributed by atoms with Gasteiger partial charge in [0.2, 0.25) is 5.95 Å². The van der Waals surface area contributed by atoms with Gasteiger partial charge in [-0.15, -0.1) is 0 Å². The molecule has 0 radical (unpaired) electrons. The minimum atomic E-state index is 0.357. The maximum Gasteiger partial charge on any atom is 0.224 e. The largest absolute Gasteiger partial charge is 0.493 e. The molecule has 0 atom stereocenters. The van der Waals surface area contributed by atoms with Crippen molar-refractivity contribution in [3.05, 3.63) is 35.0 Å². The highest BCUT2D eigenvalue weighted by molar-refractivity contribution is 5.53. The molecule has 0 spiro atoms. The SMILES string of the molecule is CCNc1nc(C(C)C)cc(N2CCc3cc(OC)c(OC)cc3C2)n1. The van der Waals surface area contributed by atoms with Crippen molar-refractivity contribution in [3.63, 3.8) is 0 Å². The summed E-state index contributed by atoms with van der Waals surface area (Å²) in [7, 11) is 3.35. The van der Waals surface area contributed by atoms with Crippen molar-refractivity contribution in [2.75, 3.05) is 37.5 Å². The molecule has 1 aromatic heterocycles. The van der Waals surface area contributed by atoms with Crippen LogP contribution in [0.4, 0.5) is 11.8 Å². The van der Waals surface area contributed by atoms with Gasteiger partial charge in [-0.3, -0.25) is 0 Å². The van der Waals surface area contributed by atoms with Crippen LogP contribution in [0, 0.1) is 0 Å². The molecule has 26 heavy (non-hydrogen) atoms. The predicted octanol–water partition coefficient (Wildman–Crippen LogP) is 3.61. The number of nitrogens with one attached hydrogen (secondary N) is 1. The lowest BCUT2D eigenvalue weighted by molar-refractivity contribution is 0.353. The van der Waals surface area contributed by atoms with E-state index in [1.54, 1.807) is 14.2 Å². The lowest BCUT2D eigenvalue weighted by Gasteiger charge is -2.31. The van der Waals surface area contributed by atoms with Crippen molar-refractivity contribution in [1.29, 1.82) is 0 Å². The van der Waals surface area contributed by atoms with Gasteiger partial charge in [-0.05, 0) is 42.5 Å². The highest BCUT2D eigenvalue weighted by Gasteiger charge is 2.21. The van der Waals surface area contributed by atoms with Gasteiger partial charge in [-0.2, -0.15) is 4.98 Å². The van der Waals surface area contributed by atoms with Gasteiger partial charge in [0.1, 0.15) is 5.82 Å². The van der Waals surface area contributed by atoms with Crippen LogP contribution in [0.2, 0.25) is 0 Å². The fraction of sp³-hybridized carbons (Fsp3) is 0.500. The number of rotatable bonds is 6. The summed E-state index contributed by atoms with van der Waals surface area (Å²) in [6.07, 6.45) is 0.952. The Morgan fingerprint density at radius 1 is 1.08 bits per heavy atom. The number of hydrogen-bond donors (Lipinski definition) is 1. The summed E-state index contributed by atoms with van der Waals surface area (Å²) in [5, 5.41) is 3.25. The Bertz CT molecular complexity index is 777. The minimum Gasteiger partial charge on any atom is -0.493 e. The fourth-order valence-electron chi connectivity index (χ4n) is 3.23. The van der Waals surface area contributed by atoms with E-state index in [-0.39, 0.29) is 0 Å². The van der Waals surface area contributed by atoms with Crippen molar-refractivity contribution in [3.8, 4) is 11.5 Å². The van der Waals surface area contributed by atoms with E-state index in [1.807, 2.05) is 0 Å². The monoisotopic (exact) mass is 356 g/mol. The normalized spacial score (nSPS) is 13.5. The van der Waals surface area contributed by atoms with Crippen molar-refractivity contribution in [1.82, 2.24) is 9.97 Å². The van der Waals surface area contributed by atoms with Crippen LogP contribution in [0.1, 0.15) is 43.5 Å². The second-order valence-corrected chi connectivity index (χ2v) is 6.81. The Morgan fingerprint density at radius 2 is 1.77 bits per heavy atom. The summed E-state index contributed by atoms with van der Waals surface area (Å²) in [6.45, 7) is 8.90. The van der Waals surface area contributed by atoms with Crippen molar-refractivity contribution in [2.24, 2.45) is 0 Å². The van der Waals surface area contributed by atoms with Crippen molar-refractivity contribution < 1.29 is 9.47 Å². The predicted molar refractivity (Wildman–Crippen MR) is 105 cm³/mol. The van der Waals surface area contributed by atoms with E-state index in [0.717, 1.165) is 49.1 Å². The molecular weight excluding hydrogens is 328 g/mol. The zero-order chi connectivity index (χ0) is 18.7. The summed E-state index contributed by atoms with van der Waals surface area (Å²) < 4.78 is 10.9. The first-order chi connectivity index (χ1) is 12.5. The van der Waals surface area contributed by atoms with Gasteiger partial charge in [0, 0.05) is 25.7 Å². The average Bonchev–Trinajstić information content (AvgIpc) is 2.66. The first-order valence-corrected chi connectivity index (χ1v) is 9.17. The van der Waals surface area contributed by atoms with Gasteiger partial charge in [0.25, 0.3) is 0 Å². The molecule has 1 aromatic carbocycles. The van der Waals surface area contributed by atoms with Crippen LogP contribution in [-0.2, 0) is 13.0 Å². The van der Waals surface area contributed by atoms with E-state index in [0.29, 0.717) is 11.9 Å². The number of methoxy groups -OCH3 is 2. The highest BCUT2D eigenvalue weighted by atomic mass is 16.5. The molecule has 0 bridgehead atoms. The molecule has 0 saturated carbocycles. The first kappa shape index (κ1) is 18.3. The molecule has 1 aliphatic rings. The molecule has 0 fully saturated rings. The van der Waals surface area contributed by atoms with Crippen LogP contribution in [0.5, 0.6) is 11.5 Å². The Hall–Kier alpha value is -2.50. The molecule has 6 nitrogen and oxygen atoms in total. The third-order valence-electron chi connectivity index (χ3n) is 4.70. The lowest BCUT2D eigenvalue weighted by Crippen LogP contribution is -2.31. The molecule has 0 unspecified atom stereocenters. The second kappa shape index (κ2) is 7.81. The summed E-state index contributed by atoms with van der Waals surface area (Å²) >= 11 is 0. The average molecular weight is 356 g/mol.